The van der Waals surface area contributed by atoms with Crippen molar-refractivity contribution in [1.29, 1.82) is 0 Å². The van der Waals surface area contributed by atoms with Crippen molar-refractivity contribution in [2.75, 3.05) is 0 Å². The molecule has 3 nitrogen and oxygen atoms in total. The van der Waals surface area contributed by atoms with E-state index in [0.29, 0.717) is 5.56 Å². The summed E-state index contributed by atoms with van der Waals surface area (Å²) in [5, 5.41) is 3.94. The van der Waals surface area contributed by atoms with Crippen molar-refractivity contribution in [3.05, 3.63) is 59.4 Å². The van der Waals surface area contributed by atoms with Crippen molar-refractivity contribution in [3.8, 4) is 0 Å². The van der Waals surface area contributed by atoms with Crippen LogP contribution in [0.1, 0.15) is 21.6 Å². The Morgan fingerprint density at radius 3 is 2.35 bits per heavy atom. The Bertz CT molecular complexity index is 639. The van der Waals surface area contributed by atoms with Crippen molar-refractivity contribution in [3.63, 3.8) is 0 Å². The topological polar surface area (TPSA) is 34.9 Å². The molecule has 0 unspecified atom stereocenters. The molecule has 0 amide bonds. The zero-order valence-electron chi connectivity index (χ0n) is 10.6. The fourth-order valence-corrected chi connectivity index (χ4v) is 1.59. The molecule has 0 fully saturated rings. The number of allylic oxidation sites excluding steroid dienone is 1. The molecule has 2 aromatic rings. The number of aryl methyl sites for hydroxylation is 1. The fraction of sp³-hybridized carbons (Fsp3) is 0.143. The van der Waals surface area contributed by atoms with Gasteiger partial charge in [-0.25, -0.2) is 0 Å². The van der Waals surface area contributed by atoms with Gasteiger partial charge < -0.3 is 0 Å². The van der Waals surface area contributed by atoms with Gasteiger partial charge in [0.2, 0.25) is 5.78 Å². The van der Waals surface area contributed by atoms with Gasteiger partial charge in [0.05, 0.1) is 5.56 Å². The van der Waals surface area contributed by atoms with Crippen molar-refractivity contribution < 1.29 is 18.0 Å². The van der Waals surface area contributed by atoms with Gasteiger partial charge in [0.15, 0.2) is 0 Å². The zero-order valence-corrected chi connectivity index (χ0v) is 10.6. The van der Waals surface area contributed by atoms with Crippen LogP contribution >= 0.6 is 0 Å². The predicted octanol–water partition coefficient (Wildman–Crippen LogP) is 3.34. The molecule has 2 rings (SSSR count). The molecule has 0 saturated carbocycles. The lowest BCUT2D eigenvalue weighted by Crippen LogP contribution is -2.04. The molecule has 20 heavy (non-hydrogen) atoms. The monoisotopic (exact) mass is 280 g/mol. The third-order valence-electron chi connectivity index (χ3n) is 2.63. The maximum atomic E-state index is 12.4. The number of ketones is 1. The van der Waals surface area contributed by atoms with Crippen molar-refractivity contribution in [1.82, 2.24) is 9.78 Å². The second kappa shape index (κ2) is 5.32. The number of halogens is 3. The molecule has 0 bridgehead atoms. The maximum absolute atomic E-state index is 12.4. The molecule has 0 aliphatic heterocycles. The summed E-state index contributed by atoms with van der Waals surface area (Å²) in [6.07, 6.45) is 0.0211. The van der Waals surface area contributed by atoms with Crippen LogP contribution in [0.15, 0.2) is 42.6 Å². The van der Waals surface area contributed by atoms with E-state index in [1.165, 1.54) is 29.0 Å². The minimum atomic E-state index is -4.36. The minimum absolute atomic E-state index is 0.288. The third-order valence-corrected chi connectivity index (χ3v) is 2.63. The largest absolute Gasteiger partial charge is 0.416 e. The van der Waals surface area contributed by atoms with Crippen LogP contribution in [0.3, 0.4) is 0 Å². The zero-order chi connectivity index (χ0) is 14.8. The summed E-state index contributed by atoms with van der Waals surface area (Å²) in [6, 6.07) is 6.14. The van der Waals surface area contributed by atoms with Crippen LogP contribution < -0.4 is 0 Å². The van der Waals surface area contributed by atoms with Gasteiger partial charge >= 0.3 is 6.18 Å². The molecule has 1 heterocycles. The van der Waals surface area contributed by atoms with Gasteiger partial charge in [0.25, 0.3) is 0 Å². The molecule has 0 atom stereocenters. The summed E-state index contributed by atoms with van der Waals surface area (Å²) >= 11 is 0. The average molecular weight is 280 g/mol. The number of hydrogen-bond acceptors (Lipinski definition) is 2. The van der Waals surface area contributed by atoms with E-state index in [-0.39, 0.29) is 11.5 Å². The normalized spacial score (nSPS) is 12.0. The summed E-state index contributed by atoms with van der Waals surface area (Å²) in [5.41, 5.74) is 0.0867. The van der Waals surface area contributed by atoms with Gasteiger partial charge in [0, 0.05) is 13.2 Å². The molecule has 1 aromatic carbocycles. The summed E-state index contributed by atoms with van der Waals surface area (Å²) < 4.78 is 38.6. The lowest BCUT2D eigenvalue weighted by molar-refractivity contribution is -0.137. The molecule has 104 valence electrons. The lowest BCUT2D eigenvalue weighted by atomic mass is 10.1. The van der Waals surface area contributed by atoms with E-state index in [9.17, 15) is 18.0 Å². The summed E-state index contributed by atoms with van der Waals surface area (Å²) in [5.74, 6) is -0.300. The first-order chi connectivity index (χ1) is 9.36. The SMILES string of the molecule is Cn1ccc(C(=O)/C=C/c2ccc(C(F)(F)F)cc2)n1. The molecule has 0 N–H and O–H groups in total. The highest BCUT2D eigenvalue weighted by Gasteiger charge is 2.29. The second-order valence-corrected chi connectivity index (χ2v) is 4.19. The van der Waals surface area contributed by atoms with Crippen LogP contribution in [0.2, 0.25) is 0 Å². The van der Waals surface area contributed by atoms with E-state index < -0.39 is 11.7 Å². The number of nitrogens with zero attached hydrogens (tertiary/aromatic N) is 2. The summed E-state index contributed by atoms with van der Waals surface area (Å²) in [4.78, 5) is 11.7. The van der Waals surface area contributed by atoms with Gasteiger partial charge in [-0.15, -0.1) is 0 Å². The first-order valence-corrected chi connectivity index (χ1v) is 5.75. The number of hydrogen-bond donors (Lipinski definition) is 0. The maximum Gasteiger partial charge on any atom is 0.416 e. The Kier molecular flexibility index (Phi) is 3.74. The number of carbonyl (C=O) groups excluding carboxylic acids is 1. The van der Waals surface area contributed by atoms with Gasteiger partial charge in [-0.1, -0.05) is 18.2 Å². The Balaban J connectivity index is 2.10. The third kappa shape index (κ3) is 3.34. The first kappa shape index (κ1) is 14.0. The molecular formula is C14H11F3N2O. The van der Waals surface area contributed by atoms with E-state index in [2.05, 4.69) is 5.10 Å². The van der Waals surface area contributed by atoms with Crippen LogP contribution in [0, 0.1) is 0 Å². The predicted molar refractivity (Wildman–Crippen MR) is 68.0 cm³/mol. The number of alkyl halides is 3. The van der Waals surface area contributed by atoms with Crippen molar-refractivity contribution in [2.24, 2.45) is 7.05 Å². The summed E-state index contributed by atoms with van der Waals surface area (Å²) in [7, 11) is 1.69. The first-order valence-electron chi connectivity index (χ1n) is 5.75. The molecule has 0 spiro atoms. The van der Waals surface area contributed by atoms with Crippen LogP contribution in [0.5, 0.6) is 0 Å². The minimum Gasteiger partial charge on any atom is -0.287 e. The highest BCUT2D eigenvalue weighted by atomic mass is 19.4. The van der Waals surface area contributed by atoms with E-state index in [1.807, 2.05) is 0 Å². The van der Waals surface area contributed by atoms with Gasteiger partial charge in [-0.3, -0.25) is 9.48 Å². The van der Waals surface area contributed by atoms with Gasteiger partial charge in [0.1, 0.15) is 5.69 Å². The molecule has 0 radical (unpaired) electrons. The average Bonchev–Trinajstić information content (AvgIpc) is 2.82. The molecule has 1 aromatic heterocycles. The smallest absolute Gasteiger partial charge is 0.287 e. The Morgan fingerprint density at radius 2 is 1.85 bits per heavy atom. The fourth-order valence-electron chi connectivity index (χ4n) is 1.59. The van der Waals surface area contributed by atoms with Gasteiger partial charge in [-0.2, -0.15) is 18.3 Å². The van der Waals surface area contributed by atoms with E-state index in [4.69, 9.17) is 0 Å². The van der Waals surface area contributed by atoms with Crippen LogP contribution in [0.25, 0.3) is 6.08 Å². The number of aromatic nitrogens is 2. The van der Waals surface area contributed by atoms with E-state index in [1.54, 1.807) is 19.3 Å². The molecule has 0 aliphatic rings. The molecule has 0 aliphatic carbocycles. The van der Waals surface area contributed by atoms with Crippen LogP contribution in [-0.4, -0.2) is 15.6 Å². The van der Waals surface area contributed by atoms with E-state index in [0.717, 1.165) is 12.1 Å². The van der Waals surface area contributed by atoms with Crippen molar-refractivity contribution in [2.45, 2.75) is 6.18 Å². The molecule has 0 saturated heterocycles. The Labute approximate surface area is 113 Å². The van der Waals surface area contributed by atoms with Crippen LogP contribution in [-0.2, 0) is 13.2 Å². The van der Waals surface area contributed by atoms with E-state index >= 15 is 0 Å². The highest BCUT2D eigenvalue weighted by Crippen LogP contribution is 2.29. The number of rotatable bonds is 3. The van der Waals surface area contributed by atoms with Crippen LogP contribution in [0.4, 0.5) is 13.2 Å². The molecular weight excluding hydrogens is 269 g/mol. The Hall–Kier alpha value is -2.37. The van der Waals surface area contributed by atoms with Crippen molar-refractivity contribution >= 4 is 11.9 Å². The Morgan fingerprint density at radius 1 is 1.20 bits per heavy atom. The number of carbonyl (C=O) groups is 1. The standard InChI is InChI=1S/C14H11F3N2O/c1-19-9-8-12(18-19)13(20)7-4-10-2-5-11(6-3-10)14(15,16)17/h2-9H,1H3/b7-4+. The lowest BCUT2D eigenvalue weighted by Gasteiger charge is -2.05. The van der Waals surface area contributed by atoms with Gasteiger partial charge in [-0.05, 0) is 29.8 Å². The second-order valence-electron chi connectivity index (χ2n) is 4.19. The quantitative estimate of drug-likeness (QED) is 0.638. The number of benzene rings is 1. The highest BCUT2D eigenvalue weighted by molar-refractivity contribution is 6.05. The summed E-state index contributed by atoms with van der Waals surface area (Å²) in [6.45, 7) is 0. The molecule has 6 heteroatoms.